The normalized spacial score (nSPS) is 17.0. The molecule has 19 heavy (non-hydrogen) atoms. The molecule has 0 fully saturated rings. The third kappa shape index (κ3) is 2.39. The molecular weight excluding hydrogens is 236 g/mol. The molecule has 2 aromatic carbocycles. The summed E-state index contributed by atoms with van der Waals surface area (Å²) < 4.78 is 5.35. The molecule has 1 unspecified atom stereocenters. The Bertz CT molecular complexity index is 602. The van der Waals surface area contributed by atoms with Crippen molar-refractivity contribution in [2.75, 3.05) is 0 Å². The van der Waals surface area contributed by atoms with Gasteiger partial charge in [0.25, 0.3) is 0 Å². The fourth-order valence-corrected chi connectivity index (χ4v) is 2.82. The predicted octanol–water partition coefficient (Wildman–Crippen LogP) is 3.38. The second-order valence-electron chi connectivity index (χ2n) is 4.95. The van der Waals surface area contributed by atoms with E-state index < -0.39 is 0 Å². The van der Waals surface area contributed by atoms with E-state index in [2.05, 4.69) is 30.3 Å². The van der Waals surface area contributed by atoms with Gasteiger partial charge in [-0.25, -0.2) is 0 Å². The van der Waals surface area contributed by atoms with Crippen LogP contribution in [0.15, 0.2) is 48.5 Å². The van der Waals surface area contributed by atoms with Crippen LogP contribution in [0.4, 0.5) is 0 Å². The Kier molecular flexibility index (Phi) is 3.08. The first-order valence-corrected chi connectivity index (χ1v) is 6.57. The zero-order valence-electron chi connectivity index (χ0n) is 10.9. The first-order valence-electron chi connectivity index (χ1n) is 6.57. The summed E-state index contributed by atoms with van der Waals surface area (Å²) in [5.74, 6) is -0.195. The van der Waals surface area contributed by atoms with Gasteiger partial charge in [0.15, 0.2) is 0 Å². The van der Waals surface area contributed by atoms with Crippen molar-refractivity contribution in [2.24, 2.45) is 0 Å². The minimum atomic E-state index is -0.195. The summed E-state index contributed by atoms with van der Waals surface area (Å²) >= 11 is 0. The highest BCUT2D eigenvalue weighted by atomic mass is 16.5. The van der Waals surface area contributed by atoms with E-state index in [-0.39, 0.29) is 12.1 Å². The molecule has 0 spiro atoms. The van der Waals surface area contributed by atoms with Crippen LogP contribution in [0.5, 0.6) is 0 Å². The van der Waals surface area contributed by atoms with E-state index >= 15 is 0 Å². The lowest BCUT2D eigenvalue weighted by Gasteiger charge is -2.09. The maximum atomic E-state index is 11.1. The maximum absolute atomic E-state index is 11.1. The van der Waals surface area contributed by atoms with E-state index in [0.717, 1.165) is 12.8 Å². The number of carbonyl (C=O) groups is 1. The summed E-state index contributed by atoms with van der Waals surface area (Å²) in [6.45, 7) is 1.47. The van der Waals surface area contributed by atoms with Crippen molar-refractivity contribution in [3.63, 3.8) is 0 Å². The summed E-state index contributed by atoms with van der Waals surface area (Å²) in [6.07, 6.45) is 1.65. The minimum Gasteiger partial charge on any atom is -0.462 e. The number of rotatable bonds is 2. The molecule has 2 nitrogen and oxygen atoms in total. The Morgan fingerprint density at radius 1 is 1.05 bits per heavy atom. The minimum absolute atomic E-state index is 0.00244. The van der Waals surface area contributed by atoms with Gasteiger partial charge in [0, 0.05) is 19.8 Å². The Morgan fingerprint density at radius 2 is 1.84 bits per heavy atom. The molecule has 3 rings (SSSR count). The molecular formula is C17H16O2. The zero-order valence-corrected chi connectivity index (χ0v) is 10.9. The highest BCUT2D eigenvalue weighted by Crippen LogP contribution is 2.33. The van der Waals surface area contributed by atoms with Crippen LogP contribution in [0, 0.1) is 0 Å². The molecule has 96 valence electrons. The summed E-state index contributed by atoms with van der Waals surface area (Å²) in [6, 6.07) is 16.7. The second kappa shape index (κ2) is 4.88. The monoisotopic (exact) mass is 252 g/mol. The molecule has 1 atom stereocenters. The molecule has 0 bridgehead atoms. The summed E-state index contributed by atoms with van der Waals surface area (Å²) in [5, 5.41) is 0. The summed E-state index contributed by atoms with van der Waals surface area (Å²) in [4.78, 5) is 11.1. The van der Waals surface area contributed by atoms with Crippen LogP contribution in [0.25, 0.3) is 11.1 Å². The molecule has 0 aromatic heterocycles. The Morgan fingerprint density at radius 3 is 2.58 bits per heavy atom. The summed E-state index contributed by atoms with van der Waals surface area (Å²) in [5.41, 5.74) is 5.10. The van der Waals surface area contributed by atoms with E-state index in [9.17, 15) is 4.79 Å². The second-order valence-corrected chi connectivity index (χ2v) is 4.95. The lowest BCUT2D eigenvalue weighted by Crippen LogP contribution is -2.15. The van der Waals surface area contributed by atoms with Crippen molar-refractivity contribution in [3.05, 3.63) is 59.7 Å². The molecule has 2 aromatic rings. The van der Waals surface area contributed by atoms with E-state index in [1.807, 2.05) is 18.2 Å². The smallest absolute Gasteiger partial charge is 0.302 e. The summed E-state index contributed by atoms with van der Waals surface area (Å²) in [7, 11) is 0. The number of esters is 1. The van der Waals surface area contributed by atoms with Crippen LogP contribution in [0.2, 0.25) is 0 Å². The number of hydrogen-bond acceptors (Lipinski definition) is 2. The average molecular weight is 252 g/mol. The van der Waals surface area contributed by atoms with Crippen molar-refractivity contribution in [1.29, 1.82) is 0 Å². The van der Waals surface area contributed by atoms with Crippen LogP contribution in [-0.4, -0.2) is 12.1 Å². The predicted molar refractivity (Wildman–Crippen MR) is 74.8 cm³/mol. The highest BCUT2D eigenvalue weighted by Gasteiger charge is 2.25. The van der Waals surface area contributed by atoms with Gasteiger partial charge < -0.3 is 4.74 Å². The quantitative estimate of drug-likeness (QED) is 0.766. The average Bonchev–Trinajstić information content (AvgIpc) is 2.80. The van der Waals surface area contributed by atoms with Crippen LogP contribution < -0.4 is 0 Å². The topological polar surface area (TPSA) is 26.3 Å². The molecule has 0 saturated carbocycles. The van der Waals surface area contributed by atoms with Crippen LogP contribution in [-0.2, 0) is 22.4 Å². The molecule has 0 heterocycles. The van der Waals surface area contributed by atoms with Gasteiger partial charge in [-0.15, -0.1) is 0 Å². The van der Waals surface area contributed by atoms with Crippen molar-refractivity contribution in [3.8, 4) is 11.1 Å². The lowest BCUT2D eigenvalue weighted by atomic mass is 9.97. The van der Waals surface area contributed by atoms with Gasteiger partial charge in [-0.2, -0.15) is 0 Å². The van der Waals surface area contributed by atoms with Gasteiger partial charge in [0.1, 0.15) is 6.10 Å². The number of hydrogen-bond donors (Lipinski definition) is 0. The number of carbonyl (C=O) groups excluding carboxylic acids is 1. The largest absolute Gasteiger partial charge is 0.462 e. The van der Waals surface area contributed by atoms with Crippen LogP contribution >= 0.6 is 0 Å². The van der Waals surface area contributed by atoms with E-state index in [4.69, 9.17) is 4.74 Å². The van der Waals surface area contributed by atoms with Crippen molar-refractivity contribution < 1.29 is 9.53 Å². The standard InChI is InChI=1S/C17H16O2/c1-12(18)19-15-10-14-8-5-9-16(17(14)11-15)13-6-3-2-4-7-13/h2-9,15H,10-11H2,1H3. The third-order valence-corrected chi connectivity index (χ3v) is 3.57. The SMILES string of the molecule is CC(=O)OC1Cc2cccc(-c3ccccc3)c2C1. The van der Waals surface area contributed by atoms with Gasteiger partial charge in [-0.1, -0.05) is 48.5 Å². The molecule has 2 heteroatoms. The van der Waals surface area contributed by atoms with Gasteiger partial charge in [-0.05, 0) is 22.3 Å². The van der Waals surface area contributed by atoms with E-state index in [1.165, 1.54) is 29.2 Å². The van der Waals surface area contributed by atoms with Crippen molar-refractivity contribution in [1.82, 2.24) is 0 Å². The molecule has 0 amide bonds. The van der Waals surface area contributed by atoms with Gasteiger partial charge in [0.2, 0.25) is 0 Å². The van der Waals surface area contributed by atoms with Gasteiger partial charge >= 0.3 is 5.97 Å². The van der Waals surface area contributed by atoms with E-state index in [1.54, 1.807) is 0 Å². The molecule has 0 saturated heterocycles. The lowest BCUT2D eigenvalue weighted by molar-refractivity contribution is -0.145. The molecule has 0 N–H and O–H groups in total. The zero-order chi connectivity index (χ0) is 13.2. The fourth-order valence-electron chi connectivity index (χ4n) is 2.82. The molecule has 1 aliphatic rings. The van der Waals surface area contributed by atoms with Crippen molar-refractivity contribution in [2.45, 2.75) is 25.9 Å². The Balaban J connectivity index is 1.95. The Hall–Kier alpha value is -2.09. The number of fused-ring (bicyclic) bond motifs is 1. The van der Waals surface area contributed by atoms with Gasteiger partial charge in [-0.3, -0.25) is 4.79 Å². The highest BCUT2D eigenvalue weighted by molar-refractivity contribution is 5.70. The third-order valence-electron chi connectivity index (χ3n) is 3.57. The molecule has 1 aliphatic carbocycles. The fraction of sp³-hybridized carbons (Fsp3) is 0.235. The number of ether oxygens (including phenoxy) is 1. The molecule has 0 radical (unpaired) electrons. The van der Waals surface area contributed by atoms with Gasteiger partial charge in [0.05, 0.1) is 0 Å². The molecule has 0 aliphatic heterocycles. The number of benzene rings is 2. The van der Waals surface area contributed by atoms with E-state index in [0.29, 0.717) is 0 Å². The first kappa shape index (κ1) is 12.0. The maximum Gasteiger partial charge on any atom is 0.302 e. The Labute approximate surface area is 113 Å². The first-order chi connectivity index (χ1) is 9.24. The van der Waals surface area contributed by atoms with Crippen LogP contribution in [0.3, 0.4) is 0 Å². The van der Waals surface area contributed by atoms with Crippen molar-refractivity contribution >= 4 is 5.97 Å². The van der Waals surface area contributed by atoms with Crippen LogP contribution in [0.1, 0.15) is 18.1 Å².